The molecule has 1 aromatic heterocycles. The summed E-state index contributed by atoms with van der Waals surface area (Å²) >= 11 is 9.11. The van der Waals surface area contributed by atoms with Crippen LogP contribution in [0.5, 0.6) is 5.75 Å². The van der Waals surface area contributed by atoms with Crippen molar-refractivity contribution < 1.29 is 9.90 Å². The van der Waals surface area contributed by atoms with Crippen molar-refractivity contribution >= 4 is 33.4 Å². The van der Waals surface area contributed by atoms with Crippen molar-refractivity contribution in [1.29, 1.82) is 0 Å². The summed E-state index contributed by atoms with van der Waals surface area (Å²) in [6.07, 6.45) is 0. The van der Waals surface area contributed by atoms with Crippen molar-refractivity contribution in [3.05, 3.63) is 27.3 Å². The van der Waals surface area contributed by atoms with E-state index >= 15 is 0 Å². The zero-order chi connectivity index (χ0) is 12.6. The Kier molecular flexibility index (Phi) is 3.03. The number of benzene rings is 1. The maximum absolute atomic E-state index is 11.1. The van der Waals surface area contributed by atoms with Crippen LogP contribution in [0.4, 0.5) is 0 Å². The minimum absolute atomic E-state index is 0.0664. The van der Waals surface area contributed by atoms with Gasteiger partial charge in [0.1, 0.15) is 11.4 Å². The number of aromatic amines is 1. The standard InChI is InChI=1S/C9H6BrClN4O2/c10-6-3(11)1-2-4(16)5(6)7-8(9(12)17)14-15-13-7/h1-2,16H,(H2,12,17)(H,13,14,15). The van der Waals surface area contributed by atoms with Crippen molar-refractivity contribution in [2.75, 3.05) is 0 Å². The number of nitrogens with one attached hydrogen (secondary N) is 1. The van der Waals surface area contributed by atoms with E-state index in [2.05, 4.69) is 31.3 Å². The second-order valence-corrected chi connectivity index (χ2v) is 4.34. The van der Waals surface area contributed by atoms with Gasteiger partial charge in [-0.25, -0.2) is 0 Å². The molecule has 2 aromatic rings. The molecule has 0 aliphatic heterocycles. The molecular weight excluding hydrogens is 311 g/mol. The number of phenols is 1. The normalized spacial score (nSPS) is 10.5. The number of halogens is 2. The quantitative estimate of drug-likeness (QED) is 0.784. The first-order valence-electron chi connectivity index (χ1n) is 4.40. The summed E-state index contributed by atoms with van der Waals surface area (Å²) in [5.74, 6) is -0.835. The van der Waals surface area contributed by atoms with Gasteiger partial charge in [0.2, 0.25) is 0 Å². The number of hydrogen-bond donors (Lipinski definition) is 3. The van der Waals surface area contributed by atoms with E-state index in [9.17, 15) is 9.90 Å². The van der Waals surface area contributed by atoms with Crippen LogP contribution in [0.2, 0.25) is 5.02 Å². The molecule has 0 saturated heterocycles. The first-order chi connectivity index (χ1) is 8.02. The Morgan fingerprint density at radius 2 is 2.18 bits per heavy atom. The molecule has 88 valence electrons. The van der Waals surface area contributed by atoms with Crippen LogP contribution in [0.15, 0.2) is 16.6 Å². The van der Waals surface area contributed by atoms with Crippen molar-refractivity contribution in [3.8, 4) is 17.0 Å². The third kappa shape index (κ3) is 1.98. The monoisotopic (exact) mass is 316 g/mol. The fourth-order valence-electron chi connectivity index (χ4n) is 1.34. The highest BCUT2D eigenvalue weighted by Gasteiger charge is 2.21. The zero-order valence-electron chi connectivity index (χ0n) is 8.24. The molecule has 0 atom stereocenters. The van der Waals surface area contributed by atoms with E-state index < -0.39 is 5.91 Å². The number of aromatic hydroxyl groups is 1. The summed E-state index contributed by atoms with van der Waals surface area (Å²) in [6.45, 7) is 0. The summed E-state index contributed by atoms with van der Waals surface area (Å²) in [7, 11) is 0. The van der Waals surface area contributed by atoms with Crippen molar-refractivity contribution in [2.24, 2.45) is 5.73 Å². The molecule has 0 saturated carbocycles. The molecule has 1 amide bonds. The molecule has 0 fully saturated rings. The summed E-state index contributed by atoms with van der Waals surface area (Å²) in [6, 6.07) is 2.90. The summed E-state index contributed by atoms with van der Waals surface area (Å²) in [5, 5.41) is 19.8. The van der Waals surface area contributed by atoms with Crippen LogP contribution >= 0.6 is 27.5 Å². The summed E-state index contributed by atoms with van der Waals surface area (Å²) < 4.78 is 0.413. The van der Waals surface area contributed by atoms with E-state index in [1.165, 1.54) is 12.1 Å². The van der Waals surface area contributed by atoms with Gasteiger partial charge in [0.15, 0.2) is 5.69 Å². The molecule has 2 rings (SSSR count). The Bertz CT molecular complexity index is 599. The minimum atomic E-state index is -0.750. The number of aromatic nitrogens is 3. The maximum Gasteiger partial charge on any atom is 0.271 e. The van der Waals surface area contributed by atoms with E-state index in [1.54, 1.807) is 0 Å². The predicted octanol–water partition coefficient (Wildman–Crippen LogP) is 1.69. The number of phenolic OH excluding ortho intramolecular Hbond substituents is 1. The van der Waals surface area contributed by atoms with Gasteiger partial charge in [0, 0.05) is 4.47 Å². The first-order valence-corrected chi connectivity index (χ1v) is 5.57. The van der Waals surface area contributed by atoms with Gasteiger partial charge < -0.3 is 10.8 Å². The second kappa shape index (κ2) is 4.34. The van der Waals surface area contributed by atoms with Crippen LogP contribution < -0.4 is 5.73 Å². The van der Waals surface area contributed by atoms with Crippen molar-refractivity contribution in [2.45, 2.75) is 0 Å². The van der Waals surface area contributed by atoms with Crippen molar-refractivity contribution in [1.82, 2.24) is 15.4 Å². The van der Waals surface area contributed by atoms with Crippen LogP contribution in [-0.2, 0) is 0 Å². The number of carbonyl (C=O) groups excluding carboxylic acids is 1. The number of nitrogens with zero attached hydrogens (tertiary/aromatic N) is 2. The van der Waals surface area contributed by atoms with Gasteiger partial charge in [-0.05, 0) is 28.1 Å². The lowest BCUT2D eigenvalue weighted by molar-refractivity contribution is 0.0996. The zero-order valence-corrected chi connectivity index (χ0v) is 10.6. The van der Waals surface area contributed by atoms with E-state index in [-0.39, 0.29) is 22.7 Å². The van der Waals surface area contributed by atoms with E-state index in [4.69, 9.17) is 17.3 Å². The lowest BCUT2D eigenvalue weighted by Crippen LogP contribution is -2.12. The smallest absolute Gasteiger partial charge is 0.271 e. The molecule has 1 heterocycles. The Morgan fingerprint density at radius 3 is 2.82 bits per heavy atom. The van der Waals surface area contributed by atoms with E-state index in [0.717, 1.165) is 0 Å². The van der Waals surface area contributed by atoms with E-state index in [0.29, 0.717) is 9.50 Å². The van der Waals surface area contributed by atoms with Gasteiger partial charge in [-0.1, -0.05) is 11.6 Å². The molecule has 1 aromatic carbocycles. The first kappa shape index (κ1) is 11.9. The molecule has 0 aliphatic rings. The molecule has 6 nitrogen and oxygen atoms in total. The van der Waals surface area contributed by atoms with Gasteiger partial charge in [0.05, 0.1) is 10.6 Å². The molecular formula is C9H6BrClN4O2. The number of rotatable bonds is 2. The molecule has 0 unspecified atom stereocenters. The number of hydrogen-bond acceptors (Lipinski definition) is 4. The average molecular weight is 318 g/mol. The van der Waals surface area contributed by atoms with E-state index in [1.807, 2.05) is 0 Å². The van der Waals surface area contributed by atoms with Gasteiger partial charge >= 0.3 is 0 Å². The number of H-pyrrole nitrogens is 1. The second-order valence-electron chi connectivity index (χ2n) is 3.14. The van der Waals surface area contributed by atoms with Gasteiger partial charge in [0.25, 0.3) is 5.91 Å². The lowest BCUT2D eigenvalue weighted by Gasteiger charge is -2.06. The van der Waals surface area contributed by atoms with Crippen LogP contribution in [0.25, 0.3) is 11.3 Å². The average Bonchev–Trinajstić information content (AvgIpc) is 2.73. The van der Waals surface area contributed by atoms with Crippen LogP contribution in [0.3, 0.4) is 0 Å². The molecule has 4 N–H and O–H groups in total. The SMILES string of the molecule is NC(=O)c1n[nH]nc1-c1c(O)ccc(Cl)c1Br. The largest absolute Gasteiger partial charge is 0.507 e. The molecule has 0 radical (unpaired) electrons. The lowest BCUT2D eigenvalue weighted by atomic mass is 10.1. The van der Waals surface area contributed by atoms with Gasteiger partial charge in [-0.2, -0.15) is 15.4 Å². The number of carbonyl (C=O) groups is 1. The molecule has 17 heavy (non-hydrogen) atoms. The van der Waals surface area contributed by atoms with Crippen LogP contribution in [0, 0.1) is 0 Å². The highest BCUT2D eigenvalue weighted by Crippen LogP contribution is 2.40. The minimum Gasteiger partial charge on any atom is -0.507 e. The molecule has 0 aliphatic carbocycles. The fourth-order valence-corrected chi connectivity index (χ4v) is 2.02. The topological polar surface area (TPSA) is 105 Å². The highest BCUT2D eigenvalue weighted by molar-refractivity contribution is 9.10. The highest BCUT2D eigenvalue weighted by atomic mass is 79.9. The van der Waals surface area contributed by atoms with Gasteiger partial charge in [-0.15, -0.1) is 0 Å². The van der Waals surface area contributed by atoms with Crippen molar-refractivity contribution in [3.63, 3.8) is 0 Å². The molecule has 8 heteroatoms. The Labute approximate surface area is 109 Å². The van der Waals surface area contributed by atoms with Crippen LogP contribution in [0.1, 0.15) is 10.5 Å². The predicted molar refractivity (Wildman–Crippen MR) is 64.7 cm³/mol. The third-order valence-electron chi connectivity index (χ3n) is 2.09. The number of amides is 1. The fraction of sp³-hybridized carbons (Fsp3) is 0. The Morgan fingerprint density at radius 1 is 1.47 bits per heavy atom. The molecule has 0 spiro atoms. The molecule has 0 bridgehead atoms. The van der Waals surface area contributed by atoms with Gasteiger partial charge in [-0.3, -0.25) is 4.79 Å². The number of primary amides is 1. The summed E-state index contributed by atoms with van der Waals surface area (Å²) in [4.78, 5) is 11.1. The Balaban J connectivity index is 2.72. The maximum atomic E-state index is 11.1. The third-order valence-corrected chi connectivity index (χ3v) is 3.46. The van der Waals surface area contributed by atoms with Crippen LogP contribution in [-0.4, -0.2) is 26.4 Å². The Hall–Kier alpha value is -1.60. The summed E-state index contributed by atoms with van der Waals surface area (Å²) in [5.41, 5.74) is 5.48. The number of nitrogens with two attached hydrogens (primary N) is 1.